The SMILES string of the molecule is COCC(=CC(=O)Nc1ccc(-c2ccccc2S(N)(=O)=O)cc1)c1cccc(C(=N)N)c1. The van der Waals surface area contributed by atoms with Crippen molar-refractivity contribution in [2.45, 2.75) is 4.90 Å². The van der Waals surface area contributed by atoms with Gasteiger partial charge in [-0.3, -0.25) is 10.2 Å². The molecule has 0 bridgehead atoms. The molecular formula is C24H24N4O4S. The molecule has 0 radical (unpaired) electrons. The monoisotopic (exact) mass is 464 g/mol. The van der Waals surface area contributed by atoms with Gasteiger partial charge in [-0.2, -0.15) is 0 Å². The van der Waals surface area contributed by atoms with Crippen molar-refractivity contribution in [3.8, 4) is 11.1 Å². The van der Waals surface area contributed by atoms with E-state index < -0.39 is 10.0 Å². The van der Waals surface area contributed by atoms with Crippen molar-refractivity contribution in [2.75, 3.05) is 19.0 Å². The number of hydrogen-bond acceptors (Lipinski definition) is 5. The van der Waals surface area contributed by atoms with Crippen LogP contribution in [0.4, 0.5) is 5.69 Å². The van der Waals surface area contributed by atoms with Crippen LogP contribution in [0.3, 0.4) is 0 Å². The van der Waals surface area contributed by atoms with E-state index in [1.54, 1.807) is 60.7 Å². The number of nitrogens with two attached hydrogens (primary N) is 2. The number of anilines is 1. The van der Waals surface area contributed by atoms with E-state index >= 15 is 0 Å². The van der Waals surface area contributed by atoms with Crippen LogP contribution in [0.1, 0.15) is 11.1 Å². The largest absolute Gasteiger partial charge is 0.384 e. The van der Waals surface area contributed by atoms with Crippen molar-refractivity contribution in [2.24, 2.45) is 10.9 Å². The number of nitrogens with one attached hydrogen (secondary N) is 2. The first-order chi connectivity index (χ1) is 15.7. The maximum absolute atomic E-state index is 12.6. The molecule has 1 amide bonds. The standard InChI is InChI=1S/C24H24N4O4S/c1-32-15-19(17-5-4-6-18(13-17)24(25)26)14-23(29)28-20-11-9-16(10-12-20)21-7-2-3-8-22(21)33(27,30)31/h2-14H,15H2,1H3,(H3,25,26)(H,28,29)(H2,27,30,31). The van der Waals surface area contributed by atoms with Gasteiger partial charge in [0.15, 0.2) is 0 Å². The van der Waals surface area contributed by atoms with E-state index in [4.69, 9.17) is 21.0 Å². The lowest BCUT2D eigenvalue weighted by Gasteiger charge is -2.10. The number of amides is 1. The molecule has 6 N–H and O–H groups in total. The van der Waals surface area contributed by atoms with Crippen LogP contribution in [0.15, 0.2) is 83.8 Å². The summed E-state index contributed by atoms with van der Waals surface area (Å²) in [6, 6.07) is 20.2. The van der Waals surface area contributed by atoms with Gasteiger partial charge in [-0.05, 0) is 41.0 Å². The number of benzene rings is 3. The van der Waals surface area contributed by atoms with Crippen LogP contribution in [-0.2, 0) is 19.6 Å². The minimum Gasteiger partial charge on any atom is -0.384 e. The average Bonchev–Trinajstić information content (AvgIpc) is 2.79. The summed E-state index contributed by atoms with van der Waals surface area (Å²) in [5.74, 6) is -0.435. The Morgan fingerprint density at radius 1 is 1.03 bits per heavy atom. The van der Waals surface area contributed by atoms with Crippen LogP contribution in [-0.4, -0.2) is 33.9 Å². The van der Waals surface area contributed by atoms with Crippen LogP contribution < -0.4 is 16.2 Å². The van der Waals surface area contributed by atoms with Gasteiger partial charge in [0.2, 0.25) is 15.9 Å². The molecule has 3 aromatic rings. The molecule has 0 saturated heterocycles. The molecule has 0 spiro atoms. The van der Waals surface area contributed by atoms with E-state index in [-0.39, 0.29) is 23.2 Å². The van der Waals surface area contributed by atoms with Crippen molar-refractivity contribution in [3.63, 3.8) is 0 Å². The summed E-state index contributed by atoms with van der Waals surface area (Å²) in [4.78, 5) is 12.7. The van der Waals surface area contributed by atoms with E-state index in [0.29, 0.717) is 28.0 Å². The molecule has 0 aliphatic heterocycles. The van der Waals surface area contributed by atoms with Crippen molar-refractivity contribution >= 4 is 33.0 Å². The highest BCUT2D eigenvalue weighted by atomic mass is 32.2. The number of rotatable bonds is 8. The second-order valence-electron chi connectivity index (χ2n) is 7.20. The molecule has 0 atom stereocenters. The summed E-state index contributed by atoms with van der Waals surface area (Å²) in [5, 5.41) is 15.7. The van der Waals surface area contributed by atoms with Crippen molar-refractivity contribution in [3.05, 3.63) is 90.0 Å². The predicted octanol–water partition coefficient (Wildman–Crippen LogP) is 2.95. The van der Waals surface area contributed by atoms with Crippen LogP contribution in [0.25, 0.3) is 16.7 Å². The number of carbonyl (C=O) groups excluding carboxylic acids is 1. The van der Waals surface area contributed by atoms with Crippen LogP contribution in [0, 0.1) is 5.41 Å². The zero-order valence-electron chi connectivity index (χ0n) is 17.9. The third-order valence-electron chi connectivity index (χ3n) is 4.81. The second-order valence-corrected chi connectivity index (χ2v) is 8.73. The van der Waals surface area contributed by atoms with Crippen LogP contribution in [0.5, 0.6) is 0 Å². The Morgan fingerprint density at radius 3 is 2.33 bits per heavy atom. The predicted molar refractivity (Wildman–Crippen MR) is 129 cm³/mol. The van der Waals surface area contributed by atoms with Crippen molar-refractivity contribution < 1.29 is 17.9 Å². The highest BCUT2D eigenvalue weighted by molar-refractivity contribution is 7.89. The topological polar surface area (TPSA) is 148 Å². The van der Waals surface area contributed by atoms with Gasteiger partial charge in [-0.1, -0.05) is 48.5 Å². The lowest BCUT2D eigenvalue weighted by atomic mass is 10.0. The van der Waals surface area contributed by atoms with Gasteiger partial charge in [-0.25, -0.2) is 13.6 Å². The fourth-order valence-electron chi connectivity index (χ4n) is 3.27. The zero-order chi connectivity index (χ0) is 24.0. The van der Waals surface area contributed by atoms with Gasteiger partial charge < -0.3 is 15.8 Å². The molecule has 0 aliphatic carbocycles. The van der Waals surface area contributed by atoms with Gasteiger partial charge in [-0.15, -0.1) is 0 Å². The van der Waals surface area contributed by atoms with Gasteiger partial charge in [0.05, 0.1) is 11.5 Å². The number of sulfonamides is 1. The Hall–Kier alpha value is -3.79. The van der Waals surface area contributed by atoms with E-state index in [2.05, 4.69) is 5.32 Å². The molecule has 170 valence electrons. The summed E-state index contributed by atoms with van der Waals surface area (Å²) in [7, 11) is -2.35. The molecule has 0 fully saturated rings. The first-order valence-corrected chi connectivity index (χ1v) is 11.4. The molecular weight excluding hydrogens is 440 g/mol. The third kappa shape index (κ3) is 6.13. The number of nitrogen functional groups attached to an aromatic ring is 1. The Morgan fingerprint density at radius 2 is 1.70 bits per heavy atom. The highest BCUT2D eigenvalue weighted by Crippen LogP contribution is 2.27. The first-order valence-electron chi connectivity index (χ1n) is 9.86. The lowest BCUT2D eigenvalue weighted by molar-refractivity contribution is -0.111. The van der Waals surface area contributed by atoms with Crippen molar-refractivity contribution in [1.82, 2.24) is 0 Å². The minimum absolute atomic E-state index is 0.0294. The minimum atomic E-state index is -3.88. The quantitative estimate of drug-likeness (QED) is 0.230. The molecule has 0 aromatic heterocycles. The number of hydrogen-bond donors (Lipinski definition) is 4. The number of methoxy groups -OCH3 is 1. The number of amidine groups is 1. The van der Waals surface area contributed by atoms with Crippen LogP contribution in [0.2, 0.25) is 0 Å². The number of ether oxygens (including phenoxy) is 1. The number of carbonyl (C=O) groups is 1. The Kier molecular flexibility index (Phi) is 7.39. The lowest BCUT2D eigenvalue weighted by Crippen LogP contribution is -2.13. The van der Waals surface area contributed by atoms with E-state index in [1.165, 1.54) is 19.3 Å². The van der Waals surface area contributed by atoms with Gasteiger partial charge in [0, 0.05) is 30.0 Å². The maximum atomic E-state index is 12.6. The summed E-state index contributed by atoms with van der Waals surface area (Å²) in [6.07, 6.45) is 1.42. The van der Waals surface area contributed by atoms with Gasteiger partial charge in [0.25, 0.3) is 0 Å². The smallest absolute Gasteiger partial charge is 0.248 e. The molecule has 3 rings (SSSR count). The fourth-order valence-corrected chi connectivity index (χ4v) is 4.03. The summed E-state index contributed by atoms with van der Waals surface area (Å²) in [6.45, 7) is 0.193. The number of primary sulfonamides is 1. The zero-order valence-corrected chi connectivity index (χ0v) is 18.7. The molecule has 3 aromatic carbocycles. The Labute approximate surface area is 192 Å². The third-order valence-corrected chi connectivity index (χ3v) is 5.78. The molecule has 0 heterocycles. The molecule has 0 unspecified atom stereocenters. The molecule has 0 aliphatic rings. The highest BCUT2D eigenvalue weighted by Gasteiger charge is 2.14. The second kappa shape index (κ2) is 10.2. The maximum Gasteiger partial charge on any atom is 0.248 e. The first kappa shape index (κ1) is 23.9. The van der Waals surface area contributed by atoms with E-state index in [1.807, 2.05) is 6.07 Å². The Balaban J connectivity index is 1.82. The normalized spacial score (nSPS) is 11.8. The van der Waals surface area contributed by atoms with Gasteiger partial charge in [0.1, 0.15) is 5.84 Å². The Bertz CT molecular complexity index is 1320. The summed E-state index contributed by atoms with van der Waals surface area (Å²) >= 11 is 0. The van der Waals surface area contributed by atoms with E-state index in [0.717, 1.165) is 5.56 Å². The van der Waals surface area contributed by atoms with Crippen molar-refractivity contribution in [1.29, 1.82) is 5.41 Å². The molecule has 0 saturated carbocycles. The van der Waals surface area contributed by atoms with E-state index in [9.17, 15) is 13.2 Å². The molecule has 8 nitrogen and oxygen atoms in total. The summed E-state index contributed by atoms with van der Waals surface area (Å²) < 4.78 is 28.9. The average molecular weight is 465 g/mol. The van der Waals surface area contributed by atoms with Gasteiger partial charge >= 0.3 is 0 Å². The summed E-state index contributed by atoms with van der Waals surface area (Å²) in [5.41, 5.74) is 9.10. The van der Waals surface area contributed by atoms with Crippen LogP contribution >= 0.6 is 0 Å². The molecule has 9 heteroatoms. The molecule has 33 heavy (non-hydrogen) atoms. The fraction of sp³-hybridized carbons (Fsp3) is 0.0833.